The van der Waals surface area contributed by atoms with E-state index in [9.17, 15) is 13.2 Å². The van der Waals surface area contributed by atoms with Gasteiger partial charge in [0.05, 0.1) is 5.56 Å². The molecule has 1 aromatic heterocycles. The van der Waals surface area contributed by atoms with E-state index in [2.05, 4.69) is 15.6 Å². The number of rotatable bonds is 5. The Morgan fingerprint density at radius 1 is 1.17 bits per heavy atom. The van der Waals surface area contributed by atoms with Crippen LogP contribution in [0.1, 0.15) is 32.3 Å². The minimum atomic E-state index is -4.36. The van der Waals surface area contributed by atoms with Crippen LogP contribution in [0.25, 0.3) is 0 Å². The number of anilines is 2. The van der Waals surface area contributed by atoms with Gasteiger partial charge in [0.2, 0.25) is 0 Å². The molecule has 0 saturated heterocycles. The van der Waals surface area contributed by atoms with Gasteiger partial charge in [0.15, 0.2) is 0 Å². The highest BCUT2D eigenvalue weighted by atomic mass is 19.4. The summed E-state index contributed by atoms with van der Waals surface area (Å²) in [7, 11) is 1.55. The molecule has 0 radical (unpaired) electrons. The fourth-order valence-electron chi connectivity index (χ4n) is 1.60. The van der Waals surface area contributed by atoms with Crippen molar-refractivity contribution in [3.63, 3.8) is 0 Å². The van der Waals surface area contributed by atoms with E-state index in [0.29, 0.717) is 0 Å². The Bertz CT molecular complexity index is 387. The highest BCUT2D eigenvalue weighted by molar-refractivity contribution is 5.49. The second-order valence-corrected chi connectivity index (χ2v) is 4.03. The van der Waals surface area contributed by atoms with E-state index in [1.54, 1.807) is 7.05 Å². The van der Waals surface area contributed by atoms with Gasteiger partial charge in [-0.15, -0.1) is 0 Å². The Labute approximate surface area is 105 Å². The minimum absolute atomic E-state index is 0.130. The molecule has 1 aromatic rings. The Morgan fingerprint density at radius 2 is 1.72 bits per heavy atom. The molecule has 1 rings (SSSR count). The van der Waals surface area contributed by atoms with E-state index in [4.69, 9.17) is 0 Å². The Balaban J connectivity index is 3.04. The molecule has 0 bridgehead atoms. The van der Waals surface area contributed by atoms with Crippen LogP contribution in [0.4, 0.5) is 24.8 Å². The molecular formula is C12H18F3N3. The molecule has 6 heteroatoms. The SMILES string of the molecule is CCC(CC)Nc1cc(C(F)(F)F)cc(NC)n1. The first-order chi connectivity index (χ1) is 8.40. The van der Waals surface area contributed by atoms with Crippen LogP contribution in [0, 0.1) is 0 Å². The number of nitrogens with one attached hydrogen (secondary N) is 2. The fraction of sp³-hybridized carbons (Fsp3) is 0.583. The van der Waals surface area contributed by atoms with Crippen molar-refractivity contribution in [3.05, 3.63) is 17.7 Å². The van der Waals surface area contributed by atoms with Gasteiger partial charge in [0.25, 0.3) is 0 Å². The van der Waals surface area contributed by atoms with Gasteiger partial charge in [-0.25, -0.2) is 4.98 Å². The second kappa shape index (κ2) is 5.93. The average Bonchev–Trinajstić information content (AvgIpc) is 2.34. The highest BCUT2D eigenvalue weighted by Gasteiger charge is 2.31. The molecule has 102 valence electrons. The molecule has 0 aliphatic rings. The molecule has 2 N–H and O–H groups in total. The first-order valence-electron chi connectivity index (χ1n) is 5.94. The summed E-state index contributed by atoms with van der Waals surface area (Å²) >= 11 is 0. The van der Waals surface area contributed by atoms with Gasteiger partial charge in [-0.2, -0.15) is 13.2 Å². The van der Waals surface area contributed by atoms with Gasteiger partial charge in [-0.3, -0.25) is 0 Å². The van der Waals surface area contributed by atoms with Gasteiger partial charge in [-0.1, -0.05) is 13.8 Å². The predicted molar refractivity (Wildman–Crippen MR) is 66.8 cm³/mol. The molecule has 18 heavy (non-hydrogen) atoms. The minimum Gasteiger partial charge on any atom is -0.373 e. The van der Waals surface area contributed by atoms with Crippen molar-refractivity contribution in [2.45, 2.75) is 38.9 Å². The third-order valence-electron chi connectivity index (χ3n) is 2.75. The van der Waals surface area contributed by atoms with Crippen LogP contribution in [0.5, 0.6) is 0 Å². The maximum absolute atomic E-state index is 12.7. The standard InChI is InChI=1S/C12H18F3N3/c1-4-9(5-2)17-11-7-8(12(13,14)15)6-10(16-3)18-11/h6-7,9H,4-5H2,1-3H3,(H2,16,17,18). The zero-order valence-electron chi connectivity index (χ0n) is 10.7. The van der Waals surface area contributed by atoms with E-state index < -0.39 is 11.7 Å². The Kier molecular flexibility index (Phi) is 4.81. The summed E-state index contributed by atoms with van der Waals surface area (Å²) in [6.45, 7) is 3.96. The van der Waals surface area contributed by atoms with Gasteiger partial charge in [-0.05, 0) is 25.0 Å². The summed E-state index contributed by atoms with van der Waals surface area (Å²) in [5.74, 6) is 0.459. The number of hydrogen-bond acceptors (Lipinski definition) is 3. The lowest BCUT2D eigenvalue weighted by Gasteiger charge is -2.17. The quantitative estimate of drug-likeness (QED) is 0.847. The molecule has 0 atom stereocenters. The first-order valence-corrected chi connectivity index (χ1v) is 5.94. The number of pyridine rings is 1. The monoisotopic (exact) mass is 261 g/mol. The van der Waals surface area contributed by atoms with Gasteiger partial charge >= 0.3 is 6.18 Å². The second-order valence-electron chi connectivity index (χ2n) is 4.03. The van der Waals surface area contributed by atoms with Crippen LogP contribution >= 0.6 is 0 Å². The topological polar surface area (TPSA) is 37.0 Å². The third kappa shape index (κ3) is 3.78. The zero-order valence-corrected chi connectivity index (χ0v) is 10.7. The molecular weight excluding hydrogens is 243 g/mol. The summed E-state index contributed by atoms with van der Waals surface area (Å²) in [6, 6.07) is 2.17. The van der Waals surface area contributed by atoms with Crippen molar-refractivity contribution in [1.82, 2.24) is 4.98 Å². The molecule has 0 saturated carbocycles. The summed E-state index contributed by atoms with van der Waals surface area (Å²) in [6.07, 6.45) is -2.69. The first kappa shape index (κ1) is 14.6. The average molecular weight is 261 g/mol. The van der Waals surface area contributed by atoms with Crippen molar-refractivity contribution in [2.75, 3.05) is 17.7 Å². The van der Waals surface area contributed by atoms with Crippen LogP contribution in [-0.2, 0) is 6.18 Å². The third-order valence-corrected chi connectivity index (χ3v) is 2.75. The van der Waals surface area contributed by atoms with Crippen LogP contribution in [-0.4, -0.2) is 18.1 Å². The van der Waals surface area contributed by atoms with Crippen molar-refractivity contribution in [2.24, 2.45) is 0 Å². The maximum Gasteiger partial charge on any atom is 0.416 e. The van der Waals surface area contributed by atoms with Crippen molar-refractivity contribution < 1.29 is 13.2 Å². The van der Waals surface area contributed by atoms with E-state index >= 15 is 0 Å². The molecule has 0 aliphatic heterocycles. The molecule has 3 nitrogen and oxygen atoms in total. The number of nitrogens with zero attached hydrogens (tertiary/aromatic N) is 1. The van der Waals surface area contributed by atoms with Crippen LogP contribution in [0.3, 0.4) is 0 Å². The number of alkyl halides is 3. The normalized spacial score (nSPS) is 11.7. The molecule has 1 heterocycles. The number of halogens is 3. The predicted octanol–water partition coefficient (Wildman–Crippen LogP) is 3.74. The van der Waals surface area contributed by atoms with Gasteiger partial charge in [0.1, 0.15) is 11.6 Å². The lowest BCUT2D eigenvalue weighted by molar-refractivity contribution is -0.137. The summed E-state index contributed by atoms with van der Waals surface area (Å²) < 4.78 is 38.1. The van der Waals surface area contributed by atoms with Crippen LogP contribution in [0.2, 0.25) is 0 Å². The lowest BCUT2D eigenvalue weighted by Crippen LogP contribution is -2.19. The summed E-state index contributed by atoms with van der Waals surface area (Å²) in [4.78, 5) is 4.08. The summed E-state index contributed by atoms with van der Waals surface area (Å²) in [5, 5.41) is 5.65. The molecule has 0 spiro atoms. The zero-order chi connectivity index (χ0) is 13.8. The highest BCUT2D eigenvalue weighted by Crippen LogP contribution is 2.32. The van der Waals surface area contributed by atoms with Gasteiger partial charge in [0, 0.05) is 13.1 Å². The Hall–Kier alpha value is -1.46. The van der Waals surface area contributed by atoms with E-state index in [0.717, 1.165) is 25.0 Å². The van der Waals surface area contributed by atoms with E-state index in [1.807, 2.05) is 13.8 Å². The fourth-order valence-corrected chi connectivity index (χ4v) is 1.60. The Morgan fingerprint density at radius 3 is 2.17 bits per heavy atom. The van der Waals surface area contributed by atoms with Gasteiger partial charge < -0.3 is 10.6 Å². The lowest BCUT2D eigenvalue weighted by atomic mass is 10.1. The molecule has 0 unspecified atom stereocenters. The van der Waals surface area contributed by atoms with E-state index in [1.165, 1.54) is 0 Å². The largest absolute Gasteiger partial charge is 0.416 e. The molecule has 0 amide bonds. The van der Waals surface area contributed by atoms with Crippen molar-refractivity contribution in [3.8, 4) is 0 Å². The molecule has 0 fully saturated rings. The van der Waals surface area contributed by atoms with Crippen LogP contribution in [0.15, 0.2) is 12.1 Å². The van der Waals surface area contributed by atoms with Crippen molar-refractivity contribution >= 4 is 11.6 Å². The van der Waals surface area contributed by atoms with E-state index in [-0.39, 0.29) is 17.7 Å². The van der Waals surface area contributed by atoms with Crippen LogP contribution < -0.4 is 10.6 Å². The molecule has 0 aliphatic carbocycles. The molecule has 0 aromatic carbocycles. The summed E-state index contributed by atoms with van der Waals surface area (Å²) in [5.41, 5.74) is -0.699. The number of hydrogen-bond donors (Lipinski definition) is 2. The van der Waals surface area contributed by atoms with Crippen molar-refractivity contribution in [1.29, 1.82) is 0 Å². The maximum atomic E-state index is 12.7. The smallest absolute Gasteiger partial charge is 0.373 e. The number of aromatic nitrogens is 1.